The molecule has 16 heavy (non-hydrogen) atoms. The number of urea groups is 1. The lowest BCUT2D eigenvalue weighted by atomic mass is 10.3. The van der Waals surface area contributed by atoms with Gasteiger partial charge in [0.15, 0.2) is 0 Å². The third-order valence-electron chi connectivity index (χ3n) is 1.89. The first-order valence-electron chi connectivity index (χ1n) is 4.95. The largest absolute Gasteiger partial charge is 0.492 e. The van der Waals surface area contributed by atoms with Crippen LogP contribution in [0.5, 0.6) is 5.75 Å². The molecular formula is C11H15FN2O2. The molecule has 5 heteroatoms. The van der Waals surface area contributed by atoms with Gasteiger partial charge in [0.1, 0.15) is 11.6 Å². The quantitative estimate of drug-likeness (QED) is 0.859. The summed E-state index contributed by atoms with van der Waals surface area (Å²) in [6.07, 6.45) is 0. The van der Waals surface area contributed by atoms with E-state index in [1.165, 1.54) is 23.1 Å². The number of carbonyl (C=O) groups is 1. The molecular weight excluding hydrogens is 211 g/mol. The van der Waals surface area contributed by atoms with Crippen molar-refractivity contribution in [3.63, 3.8) is 0 Å². The van der Waals surface area contributed by atoms with Gasteiger partial charge >= 0.3 is 6.03 Å². The summed E-state index contributed by atoms with van der Waals surface area (Å²) in [4.78, 5) is 12.8. The molecule has 88 valence electrons. The van der Waals surface area contributed by atoms with E-state index >= 15 is 0 Å². The topological polar surface area (TPSA) is 41.6 Å². The van der Waals surface area contributed by atoms with Gasteiger partial charge in [-0.3, -0.25) is 0 Å². The molecule has 0 saturated heterocycles. The highest BCUT2D eigenvalue weighted by atomic mass is 19.1. The van der Waals surface area contributed by atoms with E-state index in [0.29, 0.717) is 18.0 Å². The Morgan fingerprint density at radius 1 is 1.50 bits per heavy atom. The molecule has 2 amide bonds. The summed E-state index contributed by atoms with van der Waals surface area (Å²) in [5.74, 6) is -0.0657. The number of nitrogens with zero attached hydrogens (tertiary/aromatic N) is 1. The molecule has 0 aromatic heterocycles. The number of hydrogen-bond donors (Lipinski definition) is 1. The van der Waals surface area contributed by atoms with E-state index in [2.05, 4.69) is 5.32 Å². The molecule has 1 aromatic carbocycles. The lowest BCUT2D eigenvalue weighted by Crippen LogP contribution is -2.27. The van der Waals surface area contributed by atoms with Gasteiger partial charge in [0.2, 0.25) is 0 Å². The maximum atomic E-state index is 13.0. The number of anilines is 1. The number of halogens is 1. The first-order chi connectivity index (χ1) is 7.54. The molecule has 0 aliphatic rings. The van der Waals surface area contributed by atoms with Crippen molar-refractivity contribution < 1.29 is 13.9 Å². The van der Waals surface area contributed by atoms with E-state index in [1.54, 1.807) is 21.0 Å². The van der Waals surface area contributed by atoms with Crippen molar-refractivity contribution in [1.29, 1.82) is 0 Å². The second-order valence-electron chi connectivity index (χ2n) is 3.40. The lowest BCUT2D eigenvalue weighted by molar-refractivity contribution is 0.230. The minimum Gasteiger partial charge on any atom is -0.492 e. The molecule has 4 nitrogen and oxygen atoms in total. The third-order valence-corrected chi connectivity index (χ3v) is 1.89. The van der Waals surface area contributed by atoms with Gasteiger partial charge in [-0.2, -0.15) is 0 Å². The predicted octanol–water partition coefficient (Wildman–Crippen LogP) is 2.32. The summed E-state index contributed by atoms with van der Waals surface area (Å²) in [6, 6.07) is 3.71. The van der Waals surface area contributed by atoms with Crippen LogP contribution in [0.2, 0.25) is 0 Å². The van der Waals surface area contributed by atoms with Crippen LogP contribution in [0, 0.1) is 5.82 Å². The zero-order valence-corrected chi connectivity index (χ0v) is 9.58. The highest BCUT2D eigenvalue weighted by Crippen LogP contribution is 2.25. The second kappa shape index (κ2) is 5.34. The molecule has 1 N–H and O–H groups in total. The van der Waals surface area contributed by atoms with Crippen molar-refractivity contribution >= 4 is 11.7 Å². The highest BCUT2D eigenvalue weighted by molar-refractivity contribution is 5.90. The van der Waals surface area contributed by atoms with Crippen molar-refractivity contribution in [2.45, 2.75) is 6.92 Å². The number of ether oxygens (including phenoxy) is 1. The van der Waals surface area contributed by atoms with E-state index in [0.717, 1.165) is 0 Å². The van der Waals surface area contributed by atoms with E-state index < -0.39 is 5.82 Å². The molecule has 0 radical (unpaired) electrons. The van der Waals surface area contributed by atoms with Crippen molar-refractivity contribution in [3.8, 4) is 5.75 Å². The Bertz CT molecular complexity index is 380. The van der Waals surface area contributed by atoms with Gasteiger partial charge in [-0.15, -0.1) is 0 Å². The fourth-order valence-electron chi connectivity index (χ4n) is 1.10. The van der Waals surface area contributed by atoms with Gasteiger partial charge in [0.25, 0.3) is 0 Å². The monoisotopic (exact) mass is 226 g/mol. The summed E-state index contributed by atoms with van der Waals surface area (Å²) in [5, 5.41) is 2.62. The molecule has 0 unspecified atom stereocenters. The van der Waals surface area contributed by atoms with E-state index in [4.69, 9.17) is 4.74 Å². The zero-order chi connectivity index (χ0) is 12.1. The Hall–Kier alpha value is -1.78. The van der Waals surface area contributed by atoms with Crippen LogP contribution in [0.3, 0.4) is 0 Å². The van der Waals surface area contributed by atoms with Crippen LogP contribution in [0.4, 0.5) is 14.9 Å². The standard InChI is InChI=1S/C11H15FN2O2/c1-4-16-10-7-8(12)5-6-9(10)13-11(15)14(2)3/h5-7H,4H2,1-3H3,(H,13,15). The maximum absolute atomic E-state index is 13.0. The van der Waals surface area contributed by atoms with Gasteiger partial charge in [-0.1, -0.05) is 0 Å². The van der Waals surface area contributed by atoms with Crippen LogP contribution in [-0.2, 0) is 0 Å². The second-order valence-corrected chi connectivity index (χ2v) is 3.40. The molecule has 0 fully saturated rings. The Balaban J connectivity index is 2.90. The number of nitrogens with one attached hydrogen (secondary N) is 1. The molecule has 1 rings (SSSR count). The first kappa shape index (κ1) is 12.3. The minimum atomic E-state index is -0.397. The Morgan fingerprint density at radius 3 is 2.75 bits per heavy atom. The summed E-state index contributed by atoms with van der Waals surface area (Å²) < 4.78 is 18.2. The summed E-state index contributed by atoms with van der Waals surface area (Å²) in [7, 11) is 3.25. The normalized spacial score (nSPS) is 9.75. The smallest absolute Gasteiger partial charge is 0.321 e. The van der Waals surface area contributed by atoms with Gasteiger partial charge < -0.3 is 15.0 Å². The van der Waals surface area contributed by atoms with Crippen LogP contribution >= 0.6 is 0 Å². The molecule has 0 saturated carbocycles. The summed E-state index contributed by atoms with van der Waals surface area (Å²) in [5.41, 5.74) is 0.460. The minimum absolute atomic E-state index is 0.285. The van der Waals surface area contributed by atoms with Crippen LogP contribution in [0.15, 0.2) is 18.2 Å². The van der Waals surface area contributed by atoms with Crippen LogP contribution in [0.25, 0.3) is 0 Å². The van der Waals surface area contributed by atoms with Crippen LogP contribution in [-0.4, -0.2) is 31.6 Å². The van der Waals surface area contributed by atoms with Gasteiger partial charge in [0, 0.05) is 20.2 Å². The van der Waals surface area contributed by atoms with Crippen molar-refractivity contribution in [1.82, 2.24) is 4.90 Å². The van der Waals surface area contributed by atoms with Crippen LogP contribution < -0.4 is 10.1 Å². The predicted molar refractivity (Wildman–Crippen MR) is 60.3 cm³/mol. The zero-order valence-electron chi connectivity index (χ0n) is 9.58. The van der Waals surface area contributed by atoms with Crippen molar-refractivity contribution in [2.24, 2.45) is 0 Å². The molecule has 0 aliphatic carbocycles. The Kier molecular flexibility index (Phi) is 4.10. The van der Waals surface area contributed by atoms with Gasteiger partial charge in [-0.05, 0) is 19.1 Å². The highest BCUT2D eigenvalue weighted by Gasteiger charge is 2.09. The van der Waals surface area contributed by atoms with Crippen LogP contribution in [0.1, 0.15) is 6.92 Å². The van der Waals surface area contributed by atoms with Gasteiger partial charge in [-0.25, -0.2) is 9.18 Å². The first-order valence-corrected chi connectivity index (χ1v) is 4.95. The van der Waals surface area contributed by atoms with Crippen molar-refractivity contribution in [2.75, 3.05) is 26.0 Å². The third kappa shape index (κ3) is 3.12. The molecule has 0 atom stereocenters. The fourth-order valence-corrected chi connectivity index (χ4v) is 1.10. The van der Waals surface area contributed by atoms with E-state index in [1.807, 2.05) is 0 Å². The summed E-state index contributed by atoms with van der Waals surface area (Å²) in [6.45, 7) is 2.21. The Labute approximate surface area is 94.0 Å². The average Bonchev–Trinajstić information content (AvgIpc) is 2.22. The SMILES string of the molecule is CCOc1cc(F)ccc1NC(=O)N(C)C. The Morgan fingerprint density at radius 2 is 2.19 bits per heavy atom. The molecule has 1 aromatic rings. The number of hydrogen-bond acceptors (Lipinski definition) is 2. The van der Waals surface area contributed by atoms with E-state index in [-0.39, 0.29) is 6.03 Å². The average molecular weight is 226 g/mol. The van der Waals surface area contributed by atoms with Crippen molar-refractivity contribution in [3.05, 3.63) is 24.0 Å². The molecule has 0 heterocycles. The number of amides is 2. The van der Waals surface area contributed by atoms with Gasteiger partial charge in [0.05, 0.1) is 12.3 Å². The maximum Gasteiger partial charge on any atom is 0.321 e. The number of rotatable bonds is 3. The summed E-state index contributed by atoms with van der Waals surface area (Å²) >= 11 is 0. The van der Waals surface area contributed by atoms with E-state index in [9.17, 15) is 9.18 Å². The molecule has 0 spiro atoms. The lowest BCUT2D eigenvalue weighted by Gasteiger charge is -2.15. The fraction of sp³-hybridized carbons (Fsp3) is 0.364. The number of carbonyl (C=O) groups excluding carboxylic acids is 1. The molecule has 0 bridgehead atoms. The number of benzene rings is 1. The molecule has 0 aliphatic heterocycles.